The molecule has 0 saturated carbocycles. The summed E-state index contributed by atoms with van der Waals surface area (Å²) >= 11 is 0. The Labute approximate surface area is 168 Å². The zero-order chi connectivity index (χ0) is 20.6. The zero-order valence-electron chi connectivity index (χ0n) is 16.0. The fourth-order valence-electron chi connectivity index (χ4n) is 2.94. The summed E-state index contributed by atoms with van der Waals surface area (Å²) in [5.74, 6) is -1.41. The number of hydrogen-bond acceptors (Lipinski definition) is 5. The molecule has 0 spiro atoms. The summed E-state index contributed by atoms with van der Waals surface area (Å²) in [5, 5.41) is 0. The topological polar surface area (TPSA) is 65.1 Å². The minimum atomic E-state index is -1.06. The van der Waals surface area contributed by atoms with Crippen molar-refractivity contribution in [1.29, 1.82) is 0 Å². The number of hydrogen-bond donors (Lipinski definition) is 0. The predicted molar refractivity (Wildman–Crippen MR) is 105 cm³/mol. The summed E-state index contributed by atoms with van der Waals surface area (Å²) in [6.07, 6.45) is 1.54. The third-order valence-electron chi connectivity index (χ3n) is 4.47. The number of benzene rings is 2. The van der Waals surface area contributed by atoms with Crippen LogP contribution in [-0.4, -0.2) is 50.2 Å². The lowest BCUT2D eigenvalue weighted by Crippen LogP contribution is -2.44. The Hall–Kier alpha value is -3.19. The molecule has 3 rings (SSSR count). The van der Waals surface area contributed by atoms with Crippen LogP contribution >= 0.6 is 0 Å². The van der Waals surface area contributed by atoms with E-state index in [0.29, 0.717) is 37.4 Å². The molecule has 1 fully saturated rings. The molecular weight excluding hydrogens is 377 g/mol. The lowest BCUT2D eigenvalue weighted by atomic mass is 10.1. The van der Waals surface area contributed by atoms with Crippen molar-refractivity contribution in [2.45, 2.75) is 6.10 Å². The first-order chi connectivity index (χ1) is 14.1. The second-order valence-electron chi connectivity index (χ2n) is 6.39. The Balaban J connectivity index is 1.73. The molecule has 29 heavy (non-hydrogen) atoms. The van der Waals surface area contributed by atoms with E-state index < -0.39 is 17.9 Å². The van der Waals surface area contributed by atoms with E-state index in [1.165, 1.54) is 31.4 Å². The molecule has 7 heteroatoms. The number of carbonyl (C=O) groups excluding carboxylic acids is 2. The molecule has 152 valence electrons. The van der Waals surface area contributed by atoms with Crippen molar-refractivity contribution < 1.29 is 28.2 Å². The van der Waals surface area contributed by atoms with Crippen molar-refractivity contribution in [3.05, 3.63) is 71.6 Å². The van der Waals surface area contributed by atoms with Gasteiger partial charge in [-0.25, -0.2) is 9.18 Å². The molecule has 1 aliphatic heterocycles. The third kappa shape index (κ3) is 5.42. The Morgan fingerprint density at radius 1 is 1.14 bits per heavy atom. The van der Waals surface area contributed by atoms with Gasteiger partial charge in [-0.15, -0.1) is 0 Å². The molecule has 1 aliphatic rings. The molecule has 2 aromatic rings. The molecule has 0 radical (unpaired) electrons. The monoisotopic (exact) mass is 399 g/mol. The maximum absolute atomic E-state index is 13.8. The van der Waals surface area contributed by atoms with Gasteiger partial charge in [0, 0.05) is 24.7 Å². The standard InChI is InChI=1S/C22H22FNO5/c1-27-19-9-7-16(15-18(19)23)8-10-20(25)29-21(17-5-3-2-4-6-17)22(26)24-11-13-28-14-12-24/h2-10,15,21H,11-14H2,1H3/b10-8+/t21-/m1/s1. The number of halogens is 1. The smallest absolute Gasteiger partial charge is 0.331 e. The van der Waals surface area contributed by atoms with Gasteiger partial charge in [-0.3, -0.25) is 4.79 Å². The van der Waals surface area contributed by atoms with Crippen molar-refractivity contribution in [1.82, 2.24) is 4.90 Å². The van der Waals surface area contributed by atoms with Gasteiger partial charge < -0.3 is 19.1 Å². The summed E-state index contributed by atoms with van der Waals surface area (Å²) in [6.45, 7) is 1.79. The highest BCUT2D eigenvalue weighted by molar-refractivity contribution is 5.91. The van der Waals surface area contributed by atoms with Crippen LogP contribution in [0.2, 0.25) is 0 Å². The van der Waals surface area contributed by atoms with Crippen molar-refractivity contribution in [3.8, 4) is 5.75 Å². The number of ether oxygens (including phenoxy) is 3. The lowest BCUT2D eigenvalue weighted by Gasteiger charge is -2.30. The number of rotatable bonds is 6. The first-order valence-electron chi connectivity index (χ1n) is 9.22. The molecule has 1 atom stereocenters. The lowest BCUT2D eigenvalue weighted by molar-refractivity contribution is -0.159. The van der Waals surface area contributed by atoms with Gasteiger partial charge in [-0.1, -0.05) is 36.4 Å². The van der Waals surface area contributed by atoms with Crippen LogP contribution in [0.3, 0.4) is 0 Å². The predicted octanol–water partition coefficient (Wildman–Crippen LogP) is 2.99. The average Bonchev–Trinajstić information content (AvgIpc) is 2.77. The van der Waals surface area contributed by atoms with Gasteiger partial charge in [0.2, 0.25) is 6.10 Å². The number of esters is 1. The number of nitrogens with zero attached hydrogens (tertiary/aromatic N) is 1. The van der Waals surface area contributed by atoms with E-state index in [4.69, 9.17) is 14.2 Å². The number of amides is 1. The molecule has 0 aromatic heterocycles. The normalized spacial score (nSPS) is 15.2. The summed E-state index contributed by atoms with van der Waals surface area (Å²) in [5.41, 5.74) is 1.05. The van der Waals surface area contributed by atoms with Crippen molar-refractivity contribution in [3.63, 3.8) is 0 Å². The van der Waals surface area contributed by atoms with E-state index in [9.17, 15) is 14.0 Å². The van der Waals surface area contributed by atoms with Gasteiger partial charge in [-0.05, 0) is 23.8 Å². The van der Waals surface area contributed by atoms with Crippen LogP contribution in [0.25, 0.3) is 6.08 Å². The first-order valence-corrected chi connectivity index (χ1v) is 9.22. The van der Waals surface area contributed by atoms with Crippen LogP contribution in [0.15, 0.2) is 54.6 Å². The van der Waals surface area contributed by atoms with Crippen molar-refractivity contribution >= 4 is 18.0 Å². The van der Waals surface area contributed by atoms with E-state index in [-0.39, 0.29) is 11.7 Å². The van der Waals surface area contributed by atoms with Crippen molar-refractivity contribution in [2.24, 2.45) is 0 Å². The Morgan fingerprint density at radius 3 is 2.52 bits per heavy atom. The molecule has 6 nitrogen and oxygen atoms in total. The molecule has 0 unspecified atom stereocenters. The van der Waals surface area contributed by atoms with E-state index >= 15 is 0 Å². The highest BCUT2D eigenvalue weighted by Crippen LogP contribution is 2.22. The third-order valence-corrected chi connectivity index (χ3v) is 4.47. The fraction of sp³-hybridized carbons (Fsp3) is 0.273. The van der Waals surface area contributed by atoms with Crippen LogP contribution in [0, 0.1) is 5.82 Å². The van der Waals surface area contributed by atoms with Crippen LogP contribution in [0.5, 0.6) is 5.75 Å². The Kier molecular flexibility index (Phi) is 6.97. The molecule has 0 bridgehead atoms. The van der Waals surface area contributed by atoms with Gasteiger partial charge in [0.15, 0.2) is 11.6 Å². The minimum absolute atomic E-state index is 0.116. The fourth-order valence-corrected chi connectivity index (χ4v) is 2.94. The molecule has 1 saturated heterocycles. The molecule has 2 aromatic carbocycles. The molecule has 1 amide bonds. The quantitative estimate of drug-likeness (QED) is 0.552. The summed E-state index contributed by atoms with van der Waals surface area (Å²) < 4.78 is 29.4. The summed E-state index contributed by atoms with van der Waals surface area (Å²) in [6, 6.07) is 13.2. The van der Waals surface area contributed by atoms with E-state index in [0.717, 1.165) is 0 Å². The SMILES string of the molecule is COc1ccc(/C=C/C(=O)O[C@@H](C(=O)N2CCOCC2)c2ccccc2)cc1F. The average molecular weight is 399 g/mol. The number of carbonyl (C=O) groups is 2. The van der Waals surface area contributed by atoms with Crippen LogP contribution in [-0.2, 0) is 19.1 Å². The van der Waals surface area contributed by atoms with E-state index in [2.05, 4.69) is 0 Å². The molecule has 0 aliphatic carbocycles. The minimum Gasteiger partial charge on any atom is -0.494 e. The van der Waals surface area contributed by atoms with E-state index in [1.807, 2.05) is 6.07 Å². The highest BCUT2D eigenvalue weighted by atomic mass is 19.1. The Morgan fingerprint density at radius 2 is 1.86 bits per heavy atom. The zero-order valence-corrected chi connectivity index (χ0v) is 16.0. The van der Waals surface area contributed by atoms with Crippen LogP contribution in [0.4, 0.5) is 4.39 Å². The summed E-state index contributed by atoms with van der Waals surface area (Å²) in [4.78, 5) is 26.9. The van der Waals surface area contributed by atoms with Crippen LogP contribution in [0.1, 0.15) is 17.2 Å². The molecule has 1 heterocycles. The van der Waals surface area contributed by atoms with Gasteiger partial charge in [-0.2, -0.15) is 0 Å². The van der Waals surface area contributed by atoms with Gasteiger partial charge >= 0.3 is 5.97 Å². The number of morpholine rings is 1. The highest BCUT2D eigenvalue weighted by Gasteiger charge is 2.29. The first kappa shape index (κ1) is 20.5. The van der Waals surface area contributed by atoms with Gasteiger partial charge in [0.25, 0.3) is 5.91 Å². The van der Waals surface area contributed by atoms with Crippen molar-refractivity contribution in [2.75, 3.05) is 33.4 Å². The maximum Gasteiger partial charge on any atom is 0.331 e. The second-order valence-corrected chi connectivity index (χ2v) is 6.39. The van der Waals surface area contributed by atoms with Crippen LogP contribution < -0.4 is 4.74 Å². The molecule has 0 N–H and O–H groups in total. The number of methoxy groups -OCH3 is 1. The van der Waals surface area contributed by atoms with E-state index in [1.54, 1.807) is 35.2 Å². The molecular formula is C22H22FNO5. The summed E-state index contributed by atoms with van der Waals surface area (Å²) in [7, 11) is 1.38. The maximum atomic E-state index is 13.8. The largest absolute Gasteiger partial charge is 0.494 e. The Bertz CT molecular complexity index is 878. The second kappa shape index (κ2) is 9.84. The van der Waals surface area contributed by atoms with Gasteiger partial charge in [0.1, 0.15) is 0 Å². The van der Waals surface area contributed by atoms with Gasteiger partial charge in [0.05, 0.1) is 20.3 Å².